The lowest BCUT2D eigenvalue weighted by Gasteiger charge is -2.22. The number of amides is 1. The number of nitrogens with zero attached hydrogens (tertiary/aromatic N) is 3. The highest BCUT2D eigenvalue weighted by molar-refractivity contribution is 5.75. The zero-order chi connectivity index (χ0) is 13.9. The van der Waals surface area contributed by atoms with Gasteiger partial charge in [0.05, 0.1) is 6.20 Å². The Kier molecular flexibility index (Phi) is 4.16. The van der Waals surface area contributed by atoms with Crippen molar-refractivity contribution in [2.24, 2.45) is 0 Å². The molecule has 7 nitrogen and oxygen atoms in total. The van der Waals surface area contributed by atoms with Crippen LogP contribution in [0.15, 0.2) is 6.20 Å². The summed E-state index contributed by atoms with van der Waals surface area (Å²) in [5.41, 5.74) is -0.596. The summed E-state index contributed by atoms with van der Waals surface area (Å²) in [5, 5.41) is 20.4. The standard InChI is InChI=1S/C12H20N4O3/c1-12(2,18)10-7-16(15-14-10)8-11(17)13-9-3-5-19-6-4-9/h7,9,18H,3-6,8H2,1-2H3,(H,13,17). The van der Waals surface area contributed by atoms with E-state index in [1.54, 1.807) is 20.0 Å². The van der Waals surface area contributed by atoms with E-state index in [2.05, 4.69) is 15.6 Å². The first-order valence-electron chi connectivity index (χ1n) is 6.45. The van der Waals surface area contributed by atoms with Crippen LogP contribution in [0.25, 0.3) is 0 Å². The minimum Gasteiger partial charge on any atom is -0.384 e. The molecule has 0 aromatic carbocycles. The molecule has 106 valence electrons. The number of carbonyl (C=O) groups excluding carboxylic acids is 1. The summed E-state index contributed by atoms with van der Waals surface area (Å²) in [6, 6.07) is 0.179. The topological polar surface area (TPSA) is 89.3 Å². The molecule has 0 atom stereocenters. The van der Waals surface area contributed by atoms with E-state index in [-0.39, 0.29) is 18.5 Å². The van der Waals surface area contributed by atoms with Crippen LogP contribution in [0.1, 0.15) is 32.4 Å². The average Bonchev–Trinajstić information content (AvgIpc) is 2.78. The van der Waals surface area contributed by atoms with Gasteiger partial charge in [-0.25, -0.2) is 4.68 Å². The van der Waals surface area contributed by atoms with Gasteiger partial charge in [-0.15, -0.1) is 5.10 Å². The maximum absolute atomic E-state index is 11.8. The van der Waals surface area contributed by atoms with Crippen molar-refractivity contribution in [1.82, 2.24) is 20.3 Å². The van der Waals surface area contributed by atoms with Crippen molar-refractivity contribution >= 4 is 5.91 Å². The molecule has 2 N–H and O–H groups in total. The van der Waals surface area contributed by atoms with Gasteiger partial charge in [-0.3, -0.25) is 4.79 Å². The van der Waals surface area contributed by atoms with E-state index in [0.29, 0.717) is 18.9 Å². The van der Waals surface area contributed by atoms with Crippen molar-refractivity contribution in [3.63, 3.8) is 0 Å². The second kappa shape index (κ2) is 5.66. The predicted octanol–water partition coefficient (Wildman–Crippen LogP) is -0.199. The summed E-state index contributed by atoms with van der Waals surface area (Å²) in [6.07, 6.45) is 3.28. The number of rotatable bonds is 4. The van der Waals surface area contributed by atoms with E-state index in [1.165, 1.54) is 4.68 Å². The molecule has 1 aromatic rings. The summed E-state index contributed by atoms with van der Waals surface area (Å²) >= 11 is 0. The fourth-order valence-corrected chi connectivity index (χ4v) is 1.92. The minimum absolute atomic E-state index is 0.0981. The summed E-state index contributed by atoms with van der Waals surface area (Å²) < 4.78 is 6.67. The lowest BCUT2D eigenvalue weighted by molar-refractivity contribution is -0.123. The molecule has 0 radical (unpaired) electrons. The average molecular weight is 268 g/mol. The van der Waals surface area contributed by atoms with Crippen LogP contribution < -0.4 is 5.32 Å². The SMILES string of the molecule is CC(C)(O)c1cn(CC(=O)NC2CCOCC2)nn1. The number of hydrogen-bond acceptors (Lipinski definition) is 5. The molecule has 0 unspecified atom stereocenters. The highest BCUT2D eigenvalue weighted by Crippen LogP contribution is 2.15. The van der Waals surface area contributed by atoms with Crippen molar-refractivity contribution in [2.45, 2.75) is 44.9 Å². The molecule has 0 spiro atoms. The number of aliphatic hydroxyl groups is 1. The number of nitrogens with one attached hydrogen (secondary N) is 1. The Morgan fingerprint density at radius 2 is 2.26 bits per heavy atom. The van der Waals surface area contributed by atoms with E-state index < -0.39 is 5.60 Å². The Morgan fingerprint density at radius 3 is 2.84 bits per heavy atom. The smallest absolute Gasteiger partial charge is 0.242 e. The minimum atomic E-state index is -1.05. The Hall–Kier alpha value is -1.47. The molecule has 1 saturated heterocycles. The molecular formula is C12H20N4O3. The summed E-state index contributed by atoms with van der Waals surface area (Å²) in [4.78, 5) is 11.8. The van der Waals surface area contributed by atoms with Crippen LogP contribution in [-0.4, -0.2) is 45.3 Å². The Balaban J connectivity index is 1.86. The molecule has 0 bridgehead atoms. The first-order valence-corrected chi connectivity index (χ1v) is 6.45. The third kappa shape index (κ3) is 4.00. The third-order valence-electron chi connectivity index (χ3n) is 3.06. The Bertz CT molecular complexity index is 432. The number of carbonyl (C=O) groups is 1. The third-order valence-corrected chi connectivity index (χ3v) is 3.06. The van der Waals surface area contributed by atoms with E-state index in [4.69, 9.17) is 4.74 Å². The van der Waals surface area contributed by atoms with Gasteiger partial charge in [-0.05, 0) is 26.7 Å². The van der Waals surface area contributed by atoms with Gasteiger partial charge in [0.1, 0.15) is 17.8 Å². The zero-order valence-electron chi connectivity index (χ0n) is 11.3. The molecule has 1 aliphatic heterocycles. The van der Waals surface area contributed by atoms with Gasteiger partial charge in [-0.1, -0.05) is 5.21 Å². The van der Waals surface area contributed by atoms with Gasteiger partial charge in [0.2, 0.25) is 5.91 Å². The number of hydrogen-bond donors (Lipinski definition) is 2. The highest BCUT2D eigenvalue weighted by Gasteiger charge is 2.21. The van der Waals surface area contributed by atoms with Gasteiger partial charge < -0.3 is 15.2 Å². The van der Waals surface area contributed by atoms with Crippen LogP contribution in [-0.2, 0) is 21.7 Å². The van der Waals surface area contributed by atoms with Crippen molar-refractivity contribution < 1.29 is 14.6 Å². The maximum Gasteiger partial charge on any atom is 0.242 e. The molecule has 0 aliphatic carbocycles. The molecule has 1 aliphatic rings. The molecule has 1 aromatic heterocycles. The van der Waals surface area contributed by atoms with Crippen molar-refractivity contribution in [3.8, 4) is 0 Å². The van der Waals surface area contributed by atoms with Gasteiger partial charge in [-0.2, -0.15) is 0 Å². The molecule has 1 fully saturated rings. The lowest BCUT2D eigenvalue weighted by Crippen LogP contribution is -2.40. The molecule has 1 amide bonds. The van der Waals surface area contributed by atoms with E-state index in [0.717, 1.165) is 12.8 Å². The largest absolute Gasteiger partial charge is 0.384 e. The van der Waals surface area contributed by atoms with Crippen LogP contribution in [0.3, 0.4) is 0 Å². The fourth-order valence-electron chi connectivity index (χ4n) is 1.92. The van der Waals surface area contributed by atoms with Crippen molar-refractivity contribution in [3.05, 3.63) is 11.9 Å². The molecular weight excluding hydrogens is 248 g/mol. The first-order chi connectivity index (χ1) is 8.95. The van der Waals surface area contributed by atoms with E-state index >= 15 is 0 Å². The van der Waals surface area contributed by atoms with Crippen LogP contribution >= 0.6 is 0 Å². The van der Waals surface area contributed by atoms with Crippen LogP contribution in [0, 0.1) is 0 Å². The predicted molar refractivity (Wildman–Crippen MR) is 67.3 cm³/mol. The number of ether oxygens (including phenoxy) is 1. The van der Waals surface area contributed by atoms with Gasteiger partial charge >= 0.3 is 0 Å². The Morgan fingerprint density at radius 1 is 1.58 bits per heavy atom. The second-order valence-corrected chi connectivity index (χ2v) is 5.31. The van der Waals surface area contributed by atoms with Crippen LogP contribution in [0.2, 0.25) is 0 Å². The first kappa shape index (κ1) is 14.0. The molecule has 7 heteroatoms. The monoisotopic (exact) mass is 268 g/mol. The van der Waals surface area contributed by atoms with Gasteiger partial charge in [0.25, 0.3) is 0 Å². The van der Waals surface area contributed by atoms with E-state index in [9.17, 15) is 9.90 Å². The lowest BCUT2D eigenvalue weighted by atomic mass is 10.1. The summed E-state index contributed by atoms with van der Waals surface area (Å²) in [5.74, 6) is -0.0981. The second-order valence-electron chi connectivity index (χ2n) is 5.31. The molecule has 0 saturated carbocycles. The Labute approximate surface area is 111 Å². The molecule has 2 heterocycles. The van der Waals surface area contributed by atoms with Gasteiger partial charge in [0, 0.05) is 19.3 Å². The van der Waals surface area contributed by atoms with Crippen LogP contribution in [0.5, 0.6) is 0 Å². The normalized spacial score (nSPS) is 17.4. The molecule has 19 heavy (non-hydrogen) atoms. The summed E-state index contributed by atoms with van der Waals surface area (Å²) in [6.45, 7) is 4.75. The van der Waals surface area contributed by atoms with Gasteiger partial charge in [0.15, 0.2) is 0 Å². The number of aromatic nitrogens is 3. The summed E-state index contributed by atoms with van der Waals surface area (Å²) in [7, 11) is 0. The zero-order valence-corrected chi connectivity index (χ0v) is 11.3. The molecule has 2 rings (SSSR count). The fraction of sp³-hybridized carbons (Fsp3) is 0.750. The van der Waals surface area contributed by atoms with Crippen molar-refractivity contribution in [2.75, 3.05) is 13.2 Å². The van der Waals surface area contributed by atoms with Crippen LogP contribution in [0.4, 0.5) is 0 Å². The quantitative estimate of drug-likeness (QED) is 0.789. The maximum atomic E-state index is 11.8. The van der Waals surface area contributed by atoms with Crippen molar-refractivity contribution in [1.29, 1.82) is 0 Å². The highest BCUT2D eigenvalue weighted by atomic mass is 16.5. The van der Waals surface area contributed by atoms with E-state index in [1.807, 2.05) is 0 Å².